The Bertz CT molecular complexity index is 643. The lowest BCUT2D eigenvalue weighted by atomic mass is 10.2. The SMILES string of the molecule is CCCCN(C)c1nc(C)cc(Nc2cccc(Cl)c2C)n1. The summed E-state index contributed by atoms with van der Waals surface area (Å²) in [5.41, 5.74) is 2.92. The maximum Gasteiger partial charge on any atom is 0.227 e. The van der Waals surface area contributed by atoms with Crippen LogP contribution in [0.15, 0.2) is 24.3 Å². The molecule has 1 aromatic carbocycles. The molecule has 0 saturated heterocycles. The molecule has 0 atom stereocenters. The molecule has 1 heterocycles. The highest BCUT2D eigenvalue weighted by Gasteiger charge is 2.09. The lowest BCUT2D eigenvalue weighted by Gasteiger charge is -2.18. The molecule has 4 nitrogen and oxygen atoms in total. The third-order valence-electron chi connectivity index (χ3n) is 3.56. The molecule has 22 heavy (non-hydrogen) atoms. The minimum absolute atomic E-state index is 0.746. The van der Waals surface area contributed by atoms with Gasteiger partial charge in [0.1, 0.15) is 5.82 Å². The summed E-state index contributed by atoms with van der Waals surface area (Å²) in [6.45, 7) is 7.11. The normalized spacial score (nSPS) is 10.6. The molecular weight excluding hydrogens is 296 g/mol. The highest BCUT2D eigenvalue weighted by Crippen LogP contribution is 2.26. The standard InChI is InChI=1S/C17H23ClN4/c1-5-6-10-22(4)17-19-12(2)11-16(21-17)20-15-9-7-8-14(18)13(15)3/h7-9,11H,5-6,10H2,1-4H3,(H,19,20,21). The first kappa shape index (κ1) is 16.6. The van der Waals surface area contributed by atoms with Crippen molar-refractivity contribution in [3.05, 3.63) is 40.5 Å². The summed E-state index contributed by atoms with van der Waals surface area (Å²) in [4.78, 5) is 11.2. The van der Waals surface area contributed by atoms with Crippen LogP contribution in [0.3, 0.4) is 0 Å². The highest BCUT2D eigenvalue weighted by molar-refractivity contribution is 6.31. The zero-order valence-corrected chi connectivity index (χ0v) is 14.4. The topological polar surface area (TPSA) is 41.1 Å². The van der Waals surface area contributed by atoms with E-state index in [1.807, 2.05) is 45.2 Å². The van der Waals surface area contributed by atoms with Gasteiger partial charge in [-0.2, -0.15) is 4.98 Å². The number of aromatic nitrogens is 2. The average molecular weight is 319 g/mol. The van der Waals surface area contributed by atoms with Gasteiger partial charge in [-0.05, 0) is 38.0 Å². The van der Waals surface area contributed by atoms with Crippen LogP contribution in [0.2, 0.25) is 5.02 Å². The Kier molecular flexibility index (Phi) is 5.61. The van der Waals surface area contributed by atoms with E-state index in [2.05, 4.69) is 27.1 Å². The van der Waals surface area contributed by atoms with Gasteiger partial charge >= 0.3 is 0 Å². The van der Waals surface area contributed by atoms with Crippen LogP contribution in [0.5, 0.6) is 0 Å². The van der Waals surface area contributed by atoms with E-state index in [9.17, 15) is 0 Å². The number of benzene rings is 1. The number of anilines is 3. The Morgan fingerprint density at radius 2 is 2.00 bits per heavy atom. The Hall–Kier alpha value is -1.81. The van der Waals surface area contributed by atoms with Gasteiger partial charge in [-0.25, -0.2) is 4.98 Å². The maximum atomic E-state index is 6.17. The molecule has 0 bridgehead atoms. The molecule has 0 fully saturated rings. The molecule has 5 heteroatoms. The average Bonchev–Trinajstić information content (AvgIpc) is 2.49. The number of unbranched alkanes of at least 4 members (excludes halogenated alkanes) is 1. The fourth-order valence-corrected chi connectivity index (χ4v) is 2.34. The van der Waals surface area contributed by atoms with Crippen LogP contribution in [-0.2, 0) is 0 Å². The van der Waals surface area contributed by atoms with Crippen molar-refractivity contribution in [1.29, 1.82) is 0 Å². The number of hydrogen-bond acceptors (Lipinski definition) is 4. The Balaban J connectivity index is 2.24. The zero-order valence-electron chi connectivity index (χ0n) is 13.7. The van der Waals surface area contributed by atoms with E-state index in [-0.39, 0.29) is 0 Å². The first-order valence-electron chi connectivity index (χ1n) is 7.60. The van der Waals surface area contributed by atoms with Crippen molar-refractivity contribution in [2.75, 3.05) is 23.8 Å². The second-order valence-corrected chi connectivity index (χ2v) is 5.91. The molecule has 0 radical (unpaired) electrons. The largest absolute Gasteiger partial charge is 0.344 e. The first-order chi connectivity index (χ1) is 10.5. The molecule has 1 N–H and O–H groups in total. The number of nitrogens with one attached hydrogen (secondary N) is 1. The van der Waals surface area contributed by atoms with Gasteiger partial charge in [0.15, 0.2) is 0 Å². The highest BCUT2D eigenvalue weighted by atomic mass is 35.5. The van der Waals surface area contributed by atoms with Gasteiger partial charge in [0, 0.05) is 36.1 Å². The van der Waals surface area contributed by atoms with Gasteiger partial charge in [-0.15, -0.1) is 0 Å². The molecule has 2 aromatic rings. The fraction of sp³-hybridized carbons (Fsp3) is 0.412. The smallest absolute Gasteiger partial charge is 0.227 e. The number of hydrogen-bond donors (Lipinski definition) is 1. The van der Waals surface area contributed by atoms with E-state index in [1.54, 1.807) is 0 Å². The third-order valence-corrected chi connectivity index (χ3v) is 3.97. The van der Waals surface area contributed by atoms with Crippen molar-refractivity contribution >= 4 is 29.1 Å². The zero-order chi connectivity index (χ0) is 16.1. The number of halogens is 1. The van der Waals surface area contributed by atoms with Crippen molar-refractivity contribution < 1.29 is 0 Å². The Labute approximate surface area is 137 Å². The van der Waals surface area contributed by atoms with E-state index in [1.165, 1.54) is 0 Å². The second-order valence-electron chi connectivity index (χ2n) is 5.51. The number of rotatable bonds is 6. The molecule has 1 aromatic heterocycles. The minimum Gasteiger partial charge on any atom is -0.344 e. The molecule has 0 amide bonds. The molecule has 0 aliphatic rings. The lowest BCUT2D eigenvalue weighted by Crippen LogP contribution is -2.21. The van der Waals surface area contributed by atoms with Crippen LogP contribution >= 0.6 is 11.6 Å². The summed E-state index contributed by atoms with van der Waals surface area (Å²) in [6, 6.07) is 7.76. The number of aryl methyl sites for hydroxylation is 1. The Morgan fingerprint density at radius 3 is 2.73 bits per heavy atom. The van der Waals surface area contributed by atoms with Crippen molar-refractivity contribution in [2.24, 2.45) is 0 Å². The third kappa shape index (κ3) is 4.10. The van der Waals surface area contributed by atoms with Crippen molar-refractivity contribution in [3.63, 3.8) is 0 Å². The van der Waals surface area contributed by atoms with Crippen molar-refractivity contribution in [3.8, 4) is 0 Å². The molecule has 118 valence electrons. The van der Waals surface area contributed by atoms with Gasteiger partial charge in [-0.1, -0.05) is 31.0 Å². The summed E-state index contributed by atoms with van der Waals surface area (Å²) in [5, 5.41) is 4.09. The van der Waals surface area contributed by atoms with Gasteiger partial charge in [0.25, 0.3) is 0 Å². The predicted molar refractivity (Wildman–Crippen MR) is 94.4 cm³/mol. The molecule has 0 aliphatic heterocycles. The summed E-state index contributed by atoms with van der Waals surface area (Å²) in [6.07, 6.45) is 2.28. The van der Waals surface area contributed by atoms with E-state index in [0.29, 0.717) is 0 Å². The molecule has 0 aliphatic carbocycles. The van der Waals surface area contributed by atoms with E-state index in [0.717, 1.165) is 53.1 Å². The molecule has 0 saturated carbocycles. The van der Waals surface area contributed by atoms with Gasteiger partial charge in [0.05, 0.1) is 0 Å². The summed E-state index contributed by atoms with van der Waals surface area (Å²) < 4.78 is 0. The quantitative estimate of drug-likeness (QED) is 0.836. The van der Waals surface area contributed by atoms with Gasteiger partial charge < -0.3 is 10.2 Å². The van der Waals surface area contributed by atoms with E-state index < -0.39 is 0 Å². The second kappa shape index (κ2) is 7.45. The van der Waals surface area contributed by atoms with Crippen LogP contribution in [-0.4, -0.2) is 23.6 Å². The van der Waals surface area contributed by atoms with E-state index in [4.69, 9.17) is 11.6 Å². The fourth-order valence-electron chi connectivity index (χ4n) is 2.16. The number of nitrogens with zero attached hydrogens (tertiary/aromatic N) is 3. The first-order valence-corrected chi connectivity index (χ1v) is 7.98. The minimum atomic E-state index is 0.746. The molecule has 2 rings (SSSR count). The van der Waals surface area contributed by atoms with Crippen LogP contribution in [0.4, 0.5) is 17.5 Å². The summed E-state index contributed by atoms with van der Waals surface area (Å²) >= 11 is 6.17. The molecule has 0 unspecified atom stereocenters. The monoisotopic (exact) mass is 318 g/mol. The summed E-state index contributed by atoms with van der Waals surface area (Å²) in [5.74, 6) is 1.53. The Morgan fingerprint density at radius 1 is 1.23 bits per heavy atom. The molecular formula is C17H23ClN4. The predicted octanol–water partition coefficient (Wildman–Crippen LogP) is 4.73. The lowest BCUT2D eigenvalue weighted by molar-refractivity contribution is 0.749. The maximum absolute atomic E-state index is 6.17. The van der Waals surface area contributed by atoms with Crippen molar-refractivity contribution in [2.45, 2.75) is 33.6 Å². The van der Waals surface area contributed by atoms with Crippen LogP contribution in [0.25, 0.3) is 0 Å². The summed E-state index contributed by atoms with van der Waals surface area (Å²) in [7, 11) is 2.03. The van der Waals surface area contributed by atoms with E-state index >= 15 is 0 Å². The van der Waals surface area contributed by atoms with Gasteiger partial charge in [0.2, 0.25) is 5.95 Å². The van der Waals surface area contributed by atoms with Gasteiger partial charge in [-0.3, -0.25) is 0 Å². The van der Waals surface area contributed by atoms with Crippen molar-refractivity contribution in [1.82, 2.24) is 9.97 Å². The van der Waals surface area contributed by atoms with Crippen LogP contribution in [0.1, 0.15) is 31.0 Å². The molecule has 0 spiro atoms. The van der Waals surface area contributed by atoms with Crippen LogP contribution in [0, 0.1) is 13.8 Å². The van der Waals surface area contributed by atoms with Crippen LogP contribution < -0.4 is 10.2 Å².